The van der Waals surface area contributed by atoms with Gasteiger partial charge in [0.1, 0.15) is 12.1 Å². The van der Waals surface area contributed by atoms with Crippen LogP contribution in [0.1, 0.15) is 27.7 Å². The minimum Gasteiger partial charge on any atom is -0.506 e. The van der Waals surface area contributed by atoms with Crippen LogP contribution in [0.2, 0.25) is 0 Å². The number of H-pyrrole nitrogens is 1. The number of hydrogen-bond donors (Lipinski definition) is 3. The van der Waals surface area contributed by atoms with Crippen molar-refractivity contribution >= 4 is 38.2 Å². The number of benzene rings is 2. The molecule has 30 heavy (non-hydrogen) atoms. The summed E-state index contributed by atoms with van der Waals surface area (Å²) in [6, 6.07) is 8.68. The van der Waals surface area contributed by atoms with Gasteiger partial charge < -0.3 is 5.11 Å². The molecule has 0 spiro atoms. The van der Waals surface area contributed by atoms with Gasteiger partial charge in [0.25, 0.3) is 0 Å². The quantitative estimate of drug-likeness (QED) is 0.344. The number of phenolic OH excluding ortho intramolecular Hbond substituents is 1. The molecule has 7 nitrogen and oxygen atoms in total. The molecular weight excluding hydrogens is 420 g/mol. The van der Waals surface area contributed by atoms with Gasteiger partial charge in [-0.2, -0.15) is 5.10 Å². The van der Waals surface area contributed by atoms with E-state index in [4.69, 9.17) is 0 Å². The molecule has 2 aromatic carbocycles. The Balaban J connectivity index is 0.00000155. The van der Waals surface area contributed by atoms with Gasteiger partial charge in [0.15, 0.2) is 5.16 Å². The molecule has 3 N–H and O–H groups in total. The van der Waals surface area contributed by atoms with Crippen LogP contribution in [-0.2, 0) is 10.0 Å². The summed E-state index contributed by atoms with van der Waals surface area (Å²) in [6.45, 7) is 7.64. The molecule has 1 heterocycles. The van der Waals surface area contributed by atoms with Crippen molar-refractivity contribution in [1.29, 1.82) is 0 Å². The first-order valence-electron chi connectivity index (χ1n) is 9.50. The van der Waals surface area contributed by atoms with Crippen LogP contribution in [0.4, 0.5) is 5.69 Å². The number of hydrogen-bond acceptors (Lipinski definition) is 6. The third kappa shape index (κ3) is 5.87. The van der Waals surface area contributed by atoms with E-state index in [2.05, 4.69) is 19.9 Å². The molecule has 9 heteroatoms. The minimum atomic E-state index is -3.65. The zero-order valence-corrected chi connectivity index (χ0v) is 19.0. The normalized spacial score (nSPS) is 12.1. The van der Waals surface area contributed by atoms with Gasteiger partial charge in [-0.1, -0.05) is 56.3 Å². The summed E-state index contributed by atoms with van der Waals surface area (Å²) >= 11 is 1.17. The molecule has 1 aromatic heterocycles. The Hall–Kier alpha value is -2.78. The third-order valence-electron chi connectivity index (χ3n) is 3.95. The predicted molar refractivity (Wildman–Crippen MR) is 123 cm³/mol. The van der Waals surface area contributed by atoms with Crippen molar-refractivity contribution < 1.29 is 13.5 Å². The first-order chi connectivity index (χ1) is 14.4. The van der Waals surface area contributed by atoms with Crippen molar-refractivity contribution in [3.63, 3.8) is 0 Å². The summed E-state index contributed by atoms with van der Waals surface area (Å²) in [5.74, 6) is -0.0869. The van der Waals surface area contributed by atoms with Gasteiger partial charge in [0.2, 0.25) is 10.0 Å². The highest BCUT2D eigenvalue weighted by Crippen LogP contribution is 2.41. The van der Waals surface area contributed by atoms with Crippen molar-refractivity contribution in [2.24, 2.45) is 0 Å². The number of nitrogens with one attached hydrogen (secondary N) is 2. The molecule has 0 amide bonds. The van der Waals surface area contributed by atoms with Crippen LogP contribution < -0.4 is 4.72 Å². The minimum absolute atomic E-state index is 0.0583. The first-order valence-corrected chi connectivity index (χ1v) is 12.0. The van der Waals surface area contributed by atoms with Gasteiger partial charge >= 0.3 is 0 Å². The number of aromatic amines is 1. The fraction of sp³-hybridized carbons (Fsp3) is 0.238. The smallest absolute Gasteiger partial charge is 0.236 e. The number of fused-ring (bicyclic) bond motifs is 1. The molecular formula is C21H26N4O3S2. The molecule has 0 bridgehead atoms. The van der Waals surface area contributed by atoms with E-state index in [0.29, 0.717) is 32.1 Å². The van der Waals surface area contributed by atoms with Gasteiger partial charge in [0.05, 0.1) is 16.3 Å². The second-order valence-corrected chi connectivity index (χ2v) is 8.69. The first kappa shape index (κ1) is 23.5. The lowest BCUT2D eigenvalue weighted by Crippen LogP contribution is -2.18. The van der Waals surface area contributed by atoms with Gasteiger partial charge in [-0.3, -0.25) is 9.82 Å². The van der Waals surface area contributed by atoms with Gasteiger partial charge in [-0.25, -0.2) is 13.4 Å². The number of rotatable bonds is 7. The topological polar surface area (TPSA) is 108 Å². The molecule has 0 saturated heterocycles. The van der Waals surface area contributed by atoms with E-state index in [0.717, 1.165) is 0 Å². The Morgan fingerprint density at radius 3 is 2.53 bits per heavy atom. The van der Waals surface area contributed by atoms with Crippen LogP contribution in [0.3, 0.4) is 0 Å². The van der Waals surface area contributed by atoms with Crippen LogP contribution >= 0.6 is 11.8 Å². The van der Waals surface area contributed by atoms with Crippen LogP contribution in [0.15, 0.2) is 70.5 Å². The maximum atomic E-state index is 12.7. The summed E-state index contributed by atoms with van der Waals surface area (Å²) in [5, 5.41) is 18.8. The lowest BCUT2D eigenvalue weighted by Gasteiger charge is -2.14. The third-order valence-corrected chi connectivity index (χ3v) is 6.12. The molecule has 3 rings (SSSR count). The average molecular weight is 447 g/mol. The fourth-order valence-corrected chi connectivity index (χ4v) is 4.78. The fourth-order valence-electron chi connectivity index (χ4n) is 2.71. The summed E-state index contributed by atoms with van der Waals surface area (Å²) in [4.78, 5) is 4.50. The highest BCUT2D eigenvalue weighted by Gasteiger charge is 2.18. The monoisotopic (exact) mass is 446 g/mol. The Morgan fingerprint density at radius 2 is 1.93 bits per heavy atom. The van der Waals surface area contributed by atoms with E-state index in [1.165, 1.54) is 18.1 Å². The number of nitrogens with zero attached hydrogens (tertiary/aromatic N) is 2. The van der Waals surface area contributed by atoms with E-state index >= 15 is 0 Å². The van der Waals surface area contributed by atoms with Crippen LogP contribution in [0.25, 0.3) is 10.8 Å². The lowest BCUT2D eigenvalue weighted by atomic mass is 10.1. The zero-order valence-electron chi connectivity index (χ0n) is 17.4. The van der Waals surface area contributed by atoms with E-state index < -0.39 is 10.0 Å². The number of phenols is 1. The number of sulfonamides is 1. The van der Waals surface area contributed by atoms with E-state index in [-0.39, 0.29) is 11.5 Å². The summed E-state index contributed by atoms with van der Waals surface area (Å²) < 4.78 is 28.1. The second-order valence-electron chi connectivity index (χ2n) is 5.93. The van der Waals surface area contributed by atoms with Crippen molar-refractivity contribution in [3.8, 4) is 5.75 Å². The summed E-state index contributed by atoms with van der Waals surface area (Å²) in [6.07, 6.45) is 6.69. The molecule has 0 atom stereocenters. The Morgan fingerprint density at radius 1 is 1.23 bits per heavy atom. The molecule has 0 radical (unpaired) electrons. The Bertz CT molecular complexity index is 1140. The number of anilines is 1. The van der Waals surface area contributed by atoms with Gasteiger partial charge in [-0.05, 0) is 37.2 Å². The maximum absolute atomic E-state index is 12.7. The predicted octanol–water partition coefficient (Wildman–Crippen LogP) is 5.11. The zero-order chi connectivity index (χ0) is 22.1. The maximum Gasteiger partial charge on any atom is 0.236 e. The molecule has 0 fully saturated rings. The number of aromatic hydroxyl groups is 1. The SMILES string of the molecule is C/C=C\C(=C/C)CS(=O)(=O)Nc1cc(Sc2ncn[nH]2)c(O)c2ccccc12.CC. The number of allylic oxidation sites excluding steroid dienone is 3. The molecule has 0 aliphatic rings. The van der Waals surface area contributed by atoms with Crippen LogP contribution in [-0.4, -0.2) is 34.5 Å². The molecule has 0 aliphatic carbocycles. The van der Waals surface area contributed by atoms with Crippen molar-refractivity contribution in [1.82, 2.24) is 15.2 Å². The van der Waals surface area contributed by atoms with Crippen molar-refractivity contribution in [3.05, 3.63) is 60.5 Å². The standard InChI is InChI=1S/C19H20N4O3S2.C2H6/c1-3-7-13(4-2)11-28(25,26)23-16-10-17(27-19-20-12-21-22-19)18(24)15-9-6-5-8-14(15)16;1-2/h3-10,12,23-24H,11H2,1-2H3,(H,20,21,22);1-2H3/b7-3-,13-4+;. The second kappa shape index (κ2) is 10.8. The molecule has 0 saturated carbocycles. The van der Waals surface area contributed by atoms with Crippen LogP contribution in [0, 0.1) is 0 Å². The lowest BCUT2D eigenvalue weighted by molar-refractivity contribution is 0.469. The van der Waals surface area contributed by atoms with Crippen LogP contribution in [0.5, 0.6) is 5.75 Å². The summed E-state index contributed by atoms with van der Waals surface area (Å²) in [5.41, 5.74) is 1.08. The molecule has 0 aliphatic heterocycles. The summed E-state index contributed by atoms with van der Waals surface area (Å²) in [7, 11) is -3.65. The molecule has 160 valence electrons. The van der Waals surface area contributed by atoms with Gasteiger partial charge in [0, 0.05) is 10.8 Å². The van der Waals surface area contributed by atoms with Gasteiger partial charge in [-0.15, -0.1) is 0 Å². The molecule has 0 unspecified atom stereocenters. The van der Waals surface area contributed by atoms with E-state index in [1.54, 1.807) is 55.5 Å². The largest absolute Gasteiger partial charge is 0.506 e. The Kier molecular flexibility index (Phi) is 8.49. The highest BCUT2D eigenvalue weighted by molar-refractivity contribution is 7.99. The average Bonchev–Trinajstić information content (AvgIpc) is 3.25. The number of aromatic nitrogens is 3. The van der Waals surface area contributed by atoms with Crippen molar-refractivity contribution in [2.75, 3.05) is 10.5 Å². The Labute approximate surface area is 181 Å². The van der Waals surface area contributed by atoms with E-state index in [1.807, 2.05) is 20.8 Å². The van der Waals surface area contributed by atoms with E-state index in [9.17, 15) is 13.5 Å². The van der Waals surface area contributed by atoms with Crippen molar-refractivity contribution in [2.45, 2.75) is 37.7 Å². The highest BCUT2D eigenvalue weighted by atomic mass is 32.2. The molecule has 3 aromatic rings.